The van der Waals surface area contributed by atoms with E-state index < -0.39 is 6.04 Å². The number of rotatable bonds is 6. The van der Waals surface area contributed by atoms with Crippen molar-refractivity contribution in [3.05, 3.63) is 0 Å². The molecule has 0 aromatic rings. The van der Waals surface area contributed by atoms with E-state index in [0.717, 1.165) is 6.42 Å². The second-order valence-electron chi connectivity index (χ2n) is 5.50. The van der Waals surface area contributed by atoms with Crippen molar-refractivity contribution in [3.8, 4) is 0 Å². The highest BCUT2D eigenvalue weighted by Crippen LogP contribution is 2.13. The van der Waals surface area contributed by atoms with Crippen molar-refractivity contribution in [2.24, 2.45) is 5.92 Å². The van der Waals surface area contributed by atoms with Gasteiger partial charge in [0.15, 0.2) is 0 Å². The number of hydrogen-bond donors (Lipinski definition) is 1. The van der Waals surface area contributed by atoms with Crippen LogP contribution in [0.2, 0.25) is 0 Å². The van der Waals surface area contributed by atoms with E-state index in [1.54, 1.807) is 0 Å². The van der Waals surface area contributed by atoms with Gasteiger partial charge in [0.1, 0.15) is 6.04 Å². The summed E-state index contributed by atoms with van der Waals surface area (Å²) in [7, 11) is 1.35. The number of methoxy groups -OCH3 is 1. The fourth-order valence-corrected chi connectivity index (χ4v) is 2.20. The molecule has 6 nitrogen and oxygen atoms in total. The summed E-state index contributed by atoms with van der Waals surface area (Å²) in [5.41, 5.74) is 0. The molecule has 1 aliphatic heterocycles. The molecule has 1 fully saturated rings. The lowest BCUT2D eigenvalue weighted by atomic mass is 10.1. The normalized spacial score (nSPS) is 21.6. The molecule has 0 aliphatic carbocycles. The van der Waals surface area contributed by atoms with Crippen LogP contribution < -0.4 is 5.32 Å². The molecule has 1 aliphatic rings. The first-order chi connectivity index (χ1) is 9.47. The second-order valence-corrected chi connectivity index (χ2v) is 5.50. The maximum absolute atomic E-state index is 12.1. The summed E-state index contributed by atoms with van der Waals surface area (Å²) in [6.07, 6.45) is 0.946. The summed E-state index contributed by atoms with van der Waals surface area (Å²) in [4.78, 5) is 25.7. The van der Waals surface area contributed by atoms with Gasteiger partial charge in [0, 0.05) is 13.1 Å². The van der Waals surface area contributed by atoms with Crippen molar-refractivity contribution >= 4 is 11.9 Å². The van der Waals surface area contributed by atoms with E-state index >= 15 is 0 Å². The largest absolute Gasteiger partial charge is 0.468 e. The topological polar surface area (TPSA) is 67.9 Å². The van der Waals surface area contributed by atoms with Gasteiger partial charge >= 0.3 is 5.97 Å². The molecule has 1 heterocycles. The molecule has 1 N–H and O–H groups in total. The van der Waals surface area contributed by atoms with Crippen LogP contribution in [0, 0.1) is 5.92 Å². The van der Waals surface area contributed by atoms with Crippen molar-refractivity contribution in [2.45, 2.75) is 39.3 Å². The zero-order valence-electron chi connectivity index (χ0n) is 12.8. The number of nitrogens with one attached hydrogen (secondary N) is 1. The Labute approximate surface area is 120 Å². The standard InChI is InChI=1S/C14H26N2O4/c1-10(2)5-6-15-13(17)11(3)16-7-8-20-9-12(16)14(18)19-4/h10-12H,5-9H2,1-4H3,(H,15,17). The van der Waals surface area contributed by atoms with E-state index in [2.05, 4.69) is 19.2 Å². The third-order valence-corrected chi connectivity index (χ3v) is 3.54. The molecule has 1 amide bonds. The lowest BCUT2D eigenvalue weighted by molar-refractivity contribution is -0.156. The van der Waals surface area contributed by atoms with Gasteiger partial charge in [-0.2, -0.15) is 0 Å². The molecule has 0 saturated carbocycles. The number of hydrogen-bond acceptors (Lipinski definition) is 5. The zero-order chi connectivity index (χ0) is 15.1. The molecule has 2 atom stereocenters. The highest BCUT2D eigenvalue weighted by molar-refractivity contribution is 5.83. The molecule has 0 spiro atoms. The minimum absolute atomic E-state index is 0.0542. The third-order valence-electron chi connectivity index (χ3n) is 3.54. The molecule has 2 unspecified atom stereocenters. The Morgan fingerprint density at radius 2 is 2.10 bits per heavy atom. The molecule has 1 rings (SSSR count). The Morgan fingerprint density at radius 1 is 1.40 bits per heavy atom. The van der Waals surface area contributed by atoms with E-state index in [0.29, 0.717) is 25.6 Å². The quantitative estimate of drug-likeness (QED) is 0.716. The Kier molecular flexibility index (Phi) is 6.95. The van der Waals surface area contributed by atoms with Crippen molar-refractivity contribution in [2.75, 3.05) is 33.4 Å². The smallest absolute Gasteiger partial charge is 0.325 e. The fourth-order valence-electron chi connectivity index (χ4n) is 2.20. The van der Waals surface area contributed by atoms with Crippen LogP contribution in [-0.4, -0.2) is 62.3 Å². The number of nitrogens with zero attached hydrogens (tertiary/aromatic N) is 1. The minimum atomic E-state index is -0.500. The highest BCUT2D eigenvalue weighted by atomic mass is 16.5. The predicted octanol–water partition coefficient (Wildman–Crippen LogP) is 0.411. The van der Waals surface area contributed by atoms with Gasteiger partial charge in [-0.05, 0) is 19.3 Å². The van der Waals surface area contributed by atoms with Gasteiger partial charge in [0.05, 0.1) is 26.4 Å². The number of amides is 1. The first-order valence-corrected chi connectivity index (χ1v) is 7.16. The molecule has 0 aromatic heterocycles. The van der Waals surface area contributed by atoms with Crippen LogP contribution in [0.4, 0.5) is 0 Å². The molecular weight excluding hydrogens is 260 g/mol. The van der Waals surface area contributed by atoms with Crippen LogP contribution >= 0.6 is 0 Å². The van der Waals surface area contributed by atoms with Crippen molar-refractivity contribution in [1.82, 2.24) is 10.2 Å². The average Bonchev–Trinajstić information content (AvgIpc) is 2.45. The Hall–Kier alpha value is -1.14. The predicted molar refractivity (Wildman–Crippen MR) is 75.3 cm³/mol. The van der Waals surface area contributed by atoms with Crippen LogP contribution in [0.5, 0.6) is 0 Å². The van der Waals surface area contributed by atoms with Gasteiger partial charge in [0.25, 0.3) is 0 Å². The van der Waals surface area contributed by atoms with Gasteiger partial charge in [0.2, 0.25) is 5.91 Å². The molecule has 6 heteroatoms. The summed E-state index contributed by atoms with van der Waals surface area (Å²) in [5.74, 6) is 0.143. The van der Waals surface area contributed by atoms with E-state index in [4.69, 9.17) is 9.47 Å². The van der Waals surface area contributed by atoms with Gasteiger partial charge in [-0.25, -0.2) is 0 Å². The summed E-state index contributed by atoms with van der Waals surface area (Å²) in [5, 5.41) is 2.92. The Bertz CT molecular complexity index is 333. The van der Waals surface area contributed by atoms with Gasteiger partial charge in [-0.15, -0.1) is 0 Å². The molecule has 1 saturated heterocycles. The Morgan fingerprint density at radius 3 is 2.70 bits per heavy atom. The number of morpholine rings is 1. The molecular formula is C14H26N2O4. The second kappa shape index (κ2) is 8.21. The number of carbonyl (C=O) groups is 2. The molecule has 0 bridgehead atoms. The maximum Gasteiger partial charge on any atom is 0.325 e. The molecule has 0 aromatic carbocycles. The number of carbonyl (C=O) groups excluding carboxylic acids is 2. The van der Waals surface area contributed by atoms with Gasteiger partial charge < -0.3 is 14.8 Å². The monoisotopic (exact) mass is 286 g/mol. The van der Waals surface area contributed by atoms with E-state index in [-0.39, 0.29) is 24.5 Å². The van der Waals surface area contributed by atoms with E-state index in [1.165, 1.54) is 7.11 Å². The number of ether oxygens (including phenoxy) is 2. The summed E-state index contributed by atoms with van der Waals surface area (Å²) < 4.78 is 10.1. The molecule has 0 radical (unpaired) electrons. The van der Waals surface area contributed by atoms with Crippen LogP contribution in [0.3, 0.4) is 0 Å². The SMILES string of the molecule is COC(=O)C1COCCN1C(C)C(=O)NCCC(C)C. The summed E-state index contributed by atoms with van der Waals surface area (Å²) in [6.45, 7) is 8.06. The summed E-state index contributed by atoms with van der Waals surface area (Å²) >= 11 is 0. The van der Waals surface area contributed by atoms with E-state index in [9.17, 15) is 9.59 Å². The highest BCUT2D eigenvalue weighted by Gasteiger charge is 2.35. The van der Waals surface area contributed by atoms with Crippen molar-refractivity contribution in [3.63, 3.8) is 0 Å². The summed E-state index contributed by atoms with van der Waals surface area (Å²) in [6, 6.07) is -0.866. The lowest BCUT2D eigenvalue weighted by Crippen LogP contribution is -2.57. The first kappa shape index (κ1) is 16.9. The first-order valence-electron chi connectivity index (χ1n) is 7.16. The number of esters is 1. The maximum atomic E-state index is 12.1. The zero-order valence-corrected chi connectivity index (χ0v) is 12.8. The van der Waals surface area contributed by atoms with Crippen LogP contribution in [0.1, 0.15) is 27.2 Å². The lowest BCUT2D eigenvalue weighted by Gasteiger charge is -2.37. The third kappa shape index (κ3) is 4.76. The van der Waals surface area contributed by atoms with Gasteiger partial charge in [-0.1, -0.05) is 13.8 Å². The average molecular weight is 286 g/mol. The van der Waals surface area contributed by atoms with E-state index in [1.807, 2.05) is 11.8 Å². The Balaban J connectivity index is 2.55. The van der Waals surface area contributed by atoms with Gasteiger partial charge in [-0.3, -0.25) is 14.5 Å². The van der Waals surface area contributed by atoms with Crippen LogP contribution in [-0.2, 0) is 19.1 Å². The van der Waals surface area contributed by atoms with Crippen molar-refractivity contribution in [1.29, 1.82) is 0 Å². The van der Waals surface area contributed by atoms with Crippen LogP contribution in [0.25, 0.3) is 0 Å². The van der Waals surface area contributed by atoms with Crippen molar-refractivity contribution < 1.29 is 19.1 Å². The fraction of sp³-hybridized carbons (Fsp3) is 0.857. The molecule has 20 heavy (non-hydrogen) atoms. The molecule has 116 valence electrons. The van der Waals surface area contributed by atoms with Crippen LogP contribution in [0.15, 0.2) is 0 Å². The minimum Gasteiger partial charge on any atom is -0.468 e.